The van der Waals surface area contributed by atoms with Crippen LogP contribution in [0, 0.1) is 0 Å². The maximum atomic E-state index is 10.4. The first kappa shape index (κ1) is 12.6. The van der Waals surface area contributed by atoms with Crippen molar-refractivity contribution in [1.29, 1.82) is 0 Å². The van der Waals surface area contributed by atoms with Crippen LogP contribution >= 0.6 is 10.7 Å². The van der Waals surface area contributed by atoms with E-state index in [1.165, 1.54) is 0 Å². The van der Waals surface area contributed by atoms with Gasteiger partial charge in [-0.3, -0.25) is 4.55 Å². The summed E-state index contributed by atoms with van der Waals surface area (Å²) >= 11 is 0. The molecule has 64 valence electrons. The third kappa shape index (κ3) is 3900000. The fraction of sp³-hybridized carbons (Fsp3) is 1.00. The van der Waals surface area contributed by atoms with E-state index < -0.39 is 15.5 Å². The molecule has 0 aromatic rings. The van der Waals surface area contributed by atoms with E-state index in [0.29, 0.717) is 0 Å². The predicted octanol–water partition coefficient (Wildman–Crippen LogP) is 1.60. The highest BCUT2D eigenvalue weighted by Crippen LogP contribution is 2.10. The zero-order chi connectivity index (χ0) is 9.00. The molecule has 3 nitrogen and oxygen atoms in total. The third-order valence-electron chi connectivity index (χ3n) is 0. The van der Waals surface area contributed by atoms with Crippen LogP contribution in [0.4, 0.5) is 13.2 Å². The lowest BCUT2D eigenvalue weighted by Crippen LogP contribution is -1.95. The molecule has 0 radical (unpaired) electrons. The minimum absolute atomic E-state index is 0.188. The lowest BCUT2D eigenvalue weighted by Gasteiger charge is -1.88. The van der Waals surface area contributed by atoms with E-state index in [1.807, 2.05) is 0 Å². The van der Waals surface area contributed by atoms with Crippen molar-refractivity contribution in [2.75, 3.05) is 0 Å². The molecule has 0 saturated heterocycles. The molecule has 0 bridgehead atoms. The van der Waals surface area contributed by atoms with Crippen LogP contribution in [0.2, 0.25) is 0 Å². The summed E-state index contributed by atoms with van der Waals surface area (Å²) in [6.07, 6.45) is -4.00. The van der Waals surface area contributed by atoms with Gasteiger partial charge in [0, 0.05) is 17.6 Å². The molecule has 0 aromatic heterocycles. The van der Waals surface area contributed by atoms with Crippen LogP contribution in [0.1, 0.15) is 6.92 Å². The summed E-state index contributed by atoms with van der Waals surface area (Å²) < 4.78 is 56.2. The summed E-state index contributed by atoms with van der Waals surface area (Å²) in [5.74, 6) is 0. The molecule has 0 unspecified atom stereocenters. The fourth-order valence-corrected chi connectivity index (χ4v) is 0. The van der Waals surface area contributed by atoms with Crippen LogP contribution in [0.25, 0.3) is 0 Å². The zero-order valence-corrected chi connectivity index (χ0v) is 6.26. The Morgan fingerprint density at radius 2 is 1.40 bits per heavy atom. The predicted molar refractivity (Wildman–Crippen MR) is 29.1 cm³/mol. The highest BCUT2D eigenvalue weighted by Gasteiger charge is 2.15. The largest absolute Gasteiger partial charge is 0.386 e. The quantitative estimate of drug-likeness (QED) is 0.477. The van der Waals surface area contributed by atoms with Gasteiger partial charge in [-0.05, 0) is 0 Å². The van der Waals surface area contributed by atoms with E-state index in [2.05, 4.69) is 10.7 Å². The van der Waals surface area contributed by atoms with Gasteiger partial charge in [-0.15, -0.1) is 0 Å². The Morgan fingerprint density at radius 1 is 1.40 bits per heavy atom. The molecule has 0 saturated carbocycles. The van der Waals surface area contributed by atoms with Gasteiger partial charge in [0.05, 0.1) is 0 Å². The van der Waals surface area contributed by atoms with Gasteiger partial charge < -0.3 is 0 Å². The van der Waals surface area contributed by atoms with Crippen molar-refractivity contribution in [3.8, 4) is 0 Å². The SMILES string of the molecule is CC(F)(F)F.O=S(=O)(O)Cl. The van der Waals surface area contributed by atoms with Gasteiger partial charge >= 0.3 is 15.5 Å². The summed E-state index contributed by atoms with van der Waals surface area (Å²) in [6.45, 7) is 0.188. The molecule has 10 heavy (non-hydrogen) atoms. The monoisotopic (exact) mass is 200 g/mol. The number of alkyl halides is 3. The minimum Gasteiger partial charge on any atom is -0.273 e. The molecule has 0 fully saturated rings. The maximum Gasteiger partial charge on any atom is 0.386 e. The Labute approximate surface area is 60.0 Å². The molecule has 8 heteroatoms. The first-order chi connectivity index (χ1) is 4.00. The lowest BCUT2D eigenvalue weighted by atomic mass is 10.8. The van der Waals surface area contributed by atoms with Gasteiger partial charge in [0.15, 0.2) is 0 Å². The lowest BCUT2D eigenvalue weighted by molar-refractivity contribution is -0.110. The number of rotatable bonds is 0. The number of hydrogen-bond donors (Lipinski definition) is 1. The van der Waals surface area contributed by atoms with E-state index >= 15 is 0 Å². The molecule has 0 atom stereocenters. The summed E-state index contributed by atoms with van der Waals surface area (Å²) in [7, 11) is -0.137. The van der Waals surface area contributed by atoms with Crippen molar-refractivity contribution in [2.24, 2.45) is 0 Å². The summed E-state index contributed by atoms with van der Waals surface area (Å²) in [4.78, 5) is 0. The van der Waals surface area contributed by atoms with Gasteiger partial charge in [-0.1, -0.05) is 0 Å². The van der Waals surface area contributed by atoms with Gasteiger partial charge in [0.1, 0.15) is 0 Å². The Hall–Kier alpha value is -0.0100. The molecule has 0 aromatic carbocycles. The second-order valence-electron chi connectivity index (χ2n) is 1.19. The fourth-order valence-electron chi connectivity index (χ4n) is 0. The van der Waals surface area contributed by atoms with Crippen LogP contribution in [-0.4, -0.2) is 19.1 Å². The van der Waals surface area contributed by atoms with Crippen LogP contribution < -0.4 is 0 Å². The van der Waals surface area contributed by atoms with Gasteiger partial charge in [0.2, 0.25) is 0 Å². The van der Waals surface area contributed by atoms with Crippen molar-refractivity contribution >= 4 is 20.0 Å². The van der Waals surface area contributed by atoms with Crippen LogP contribution in [0.5, 0.6) is 0 Å². The summed E-state index contributed by atoms with van der Waals surface area (Å²) in [5, 5.41) is 0. The minimum atomic E-state index is -4.19. The highest BCUT2D eigenvalue weighted by atomic mass is 35.7. The molecule has 0 aliphatic heterocycles. The van der Waals surface area contributed by atoms with Crippen molar-refractivity contribution in [3.05, 3.63) is 0 Å². The zero-order valence-electron chi connectivity index (χ0n) is 4.68. The van der Waals surface area contributed by atoms with E-state index in [4.69, 9.17) is 13.0 Å². The first-order valence-electron chi connectivity index (χ1n) is 1.74. The standard InChI is InChI=1S/C2H3F3.ClHO3S/c1-2(3,4)5;1-5(2,3)4/h1H3;(H,2,3,4). The van der Waals surface area contributed by atoms with Gasteiger partial charge in [-0.2, -0.15) is 21.6 Å². The third-order valence-corrected chi connectivity index (χ3v) is 0. The molecule has 0 heterocycles. The smallest absolute Gasteiger partial charge is 0.273 e. The molecular formula is C2H4ClF3O3S. The molecule has 1 N–H and O–H groups in total. The molecule has 0 rings (SSSR count). The van der Waals surface area contributed by atoms with Crippen molar-refractivity contribution in [2.45, 2.75) is 13.1 Å². The normalized spacial score (nSPS) is 11.8. The average Bonchev–Trinajstić information content (AvgIpc) is 1.12. The van der Waals surface area contributed by atoms with Crippen molar-refractivity contribution in [1.82, 2.24) is 0 Å². The summed E-state index contributed by atoms with van der Waals surface area (Å²) in [5.41, 5.74) is 0. The molecule has 0 amide bonds. The topological polar surface area (TPSA) is 54.4 Å². The molecule has 0 spiro atoms. The molecule has 0 aliphatic carbocycles. The first-order valence-corrected chi connectivity index (χ1v) is 4.00. The Kier molecular flexibility index (Phi) is 5.05. The van der Waals surface area contributed by atoms with Crippen LogP contribution in [0.15, 0.2) is 0 Å². The maximum absolute atomic E-state index is 10.4. The van der Waals surface area contributed by atoms with E-state index in [-0.39, 0.29) is 6.92 Å². The van der Waals surface area contributed by atoms with Gasteiger partial charge in [0.25, 0.3) is 0 Å². The van der Waals surface area contributed by atoms with Crippen LogP contribution in [0.3, 0.4) is 0 Å². The van der Waals surface area contributed by atoms with E-state index in [1.54, 1.807) is 0 Å². The van der Waals surface area contributed by atoms with Crippen LogP contribution in [-0.2, 0) is 9.33 Å². The summed E-state index contributed by atoms with van der Waals surface area (Å²) in [6, 6.07) is 0. The number of hydrogen-bond acceptors (Lipinski definition) is 2. The molecule has 0 aliphatic rings. The highest BCUT2D eigenvalue weighted by molar-refractivity contribution is 8.09. The Balaban J connectivity index is 0. The number of halogens is 4. The van der Waals surface area contributed by atoms with Crippen molar-refractivity contribution < 1.29 is 26.1 Å². The van der Waals surface area contributed by atoms with Crippen molar-refractivity contribution in [3.63, 3.8) is 0 Å². The second-order valence-corrected chi connectivity index (χ2v) is 3.19. The average molecular weight is 201 g/mol. The van der Waals surface area contributed by atoms with E-state index in [9.17, 15) is 13.2 Å². The van der Waals surface area contributed by atoms with Gasteiger partial charge in [-0.25, -0.2) is 0 Å². The Bertz CT molecular complexity index is 157. The molecular weight excluding hydrogens is 197 g/mol. The van der Waals surface area contributed by atoms with E-state index in [0.717, 1.165) is 0 Å². The Morgan fingerprint density at radius 3 is 1.40 bits per heavy atom. The second kappa shape index (κ2) is 3.99.